The predicted octanol–water partition coefficient (Wildman–Crippen LogP) is 4.57. The van der Waals surface area contributed by atoms with Crippen LogP contribution < -0.4 is 5.32 Å². The van der Waals surface area contributed by atoms with E-state index in [1.165, 1.54) is 0 Å². The lowest BCUT2D eigenvalue weighted by atomic mass is 10.1. The maximum Gasteiger partial charge on any atom is 0.148 e. The molecule has 0 atom stereocenters. The average molecular weight is 384 g/mol. The van der Waals surface area contributed by atoms with E-state index in [-0.39, 0.29) is 0 Å². The number of aromatic nitrogens is 1. The molecule has 2 aromatic rings. The summed E-state index contributed by atoms with van der Waals surface area (Å²) in [5.41, 5.74) is 3.25. The molecule has 0 radical (unpaired) electrons. The first-order chi connectivity index (χ1) is 9.01. The van der Waals surface area contributed by atoms with Crippen LogP contribution in [-0.2, 0) is 0 Å². The Morgan fingerprint density at radius 2 is 2.05 bits per heavy atom. The molecule has 1 aromatic heterocycles. The lowest BCUT2D eigenvalue weighted by Crippen LogP contribution is -2.01. The SMILES string of the molecule is Cc1cc(C)c(C#N)c(Nc2ccc(Cl)cc2I)n1. The number of nitrogens with one attached hydrogen (secondary N) is 1. The number of pyridine rings is 1. The normalized spacial score (nSPS) is 10.1. The Morgan fingerprint density at radius 3 is 2.68 bits per heavy atom. The lowest BCUT2D eigenvalue weighted by Gasteiger charge is -2.11. The summed E-state index contributed by atoms with van der Waals surface area (Å²) in [7, 11) is 0. The number of hydrogen-bond acceptors (Lipinski definition) is 3. The molecule has 2 rings (SSSR count). The van der Waals surface area contributed by atoms with Crippen molar-refractivity contribution in [1.82, 2.24) is 4.98 Å². The molecule has 0 fully saturated rings. The summed E-state index contributed by atoms with van der Waals surface area (Å²) in [5.74, 6) is 0.584. The Hall–Kier alpha value is -1.32. The number of nitriles is 1. The first-order valence-corrected chi connectivity index (χ1v) is 7.07. The number of benzene rings is 1. The van der Waals surface area contributed by atoms with Gasteiger partial charge in [0, 0.05) is 14.3 Å². The maximum atomic E-state index is 9.23. The second-order valence-corrected chi connectivity index (χ2v) is 5.76. The minimum atomic E-state index is 0.566. The fourth-order valence-corrected chi connectivity index (χ4v) is 2.79. The van der Waals surface area contributed by atoms with Crippen LogP contribution in [0.5, 0.6) is 0 Å². The number of hydrogen-bond donors (Lipinski definition) is 1. The minimum absolute atomic E-state index is 0.566. The molecule has 0 aliphatic heterocycles. The van der Waals surface area contributed by atoms with E-state index in [0.717, 1.165) is 20.5 Å². The lowest BCUT2D eigenvalue weighted by molar-refractivity contribution is 1.16. The molecule has 96 valence electrons. The van der Waals surface area contributed by atoms with Gasteiger partial charge in [-0.25, -0.2) is 4.98 Å². The van der Waals surface area contributed by atoms with Gasteiger partial charge in [0.15, 0.2) is 0 Å². The highest BCUT2D eigenvalue weighted by Gasteiger charge is 2.10. The minimum Gasteiger partial charge on any atom is -0.338 e. The van der Waals surface area contributed by atoms with E-state index in [1.54, 1.807) is 6.07 Å². The molecule has 0 unspecified atom stereocenters. The molecule has 0 saturated heterocycles. The van der Waals surface area contributed by atoms with E-state index in [1.807, 2.05) is 32.0 Å². The van der Waals surface area contributed by atoms with Crippen molar-refractivity contribution in [3.8, 4) is 6.07 Å². The number of rotatable bonds is 2. The van der Waals surface area contributed by atoms with Crippen molar-refractivity contribution in [1.29, 1.82) is 5.26 Å². The summed E-state index contributed by atoms with van der Waals surface area (Å²) in [4.78, 5) is 4.39. The number of halogens is 2. The summed E-state index contributed by atoms with van der Waals surface area (Å²) in [6.45, 7) is 3.82. The van der Waals surface area contributed by atoms with Crippen LogP contribution in [0.25, 0.3) is 0 Å². The molecule has 0 spiro atoms. The van der Waals surface area contributed by atoms with Crippen molar-refractivity contribution in [3.63, 3.8) is 0 Å². The molecule has 0 saturated carbocycles. The molecule has 0 aliphatic rings. The molecular formula is C14H11ClIN3. The van der Waals surface area contributed by atoms with Gasteiger partial charge in [0.2, 0.25) is 0 Å². The molecule has 19 heavy (non-hydrogen) atoms. The summed E-state index contributed by atoms with van der Waals surface area (Å²) < 4.78 is 0.981. The average Bonchev–Trinajstić information content (AvgIpc) is 2.32. The van der Waals surface area contributed by atoms with Gasteiger partial charge in [-0.3, -0.25) is 0 Å². The number of nitrogens with zero attached hydrogens (tertiary/aromatic N) is 2. The topological polar surface area (TPSA) is 48.7 Å². The highest BCUT2D eigenvalue weighted by atomic mass is 127. The number of aryl methyl sites for hydroxylation is 2. The van der Waals surface area contributed by atoms with Crippen LogP contribution in [0.3, 0.4) is 0 Å². The zero-order valence-electron chi connectivity index (χ0n) is 10.5. The molecule has 5 heteroatoms. The first kappa shape index (κ1) is 14.1. The van der Waals surface area contributed by atoms with Gasteiger partial charge in [0.05, 0.1) is 11.3 Å². The molecule has 0 amide bonds. The first-order valence-electron chi connectivity index (χ1n) is 5.61. The van der Waals surface area contributed by atoms with Gasteiger partial charge in [-0.15, -0.1) is 0 Å². The third-order valence-corrected chi connectivity index (χ3v) is 3.77. The van der Waals surface area contributed by atoms with E-state index in [2.05, 4.69) is 39.0 Å². The Bertz CT molecular complexity index is 677. The standard InChI is InChI=1S/C14H11ClIN3/c1-8-5-9(2)18-14(11(8)7-17)19-13-4-3-10(15)6-12(13)16/h3-6H,1-2H3,(H,18,19). The smallest absolute Gasteiger partial charge is 0.148 e. The summed E-state index contributed by atoms with van der Waals surface area (Å²) in [6, 6.07) is 9.63. The van der Waals surface area contributed by atoms with Crippen molar-refractivity contribution < 1.29 is 0 Å². The zero-order chi connectivity index (χ0) is 14.0. The Morgan fingerprint density at radius 1 is 1.32 bits per heavy atom. The van der Waals surface area contributed by atoms with Crippen LogP contribution in [0.1, 0.15) is 16.8 Å². The fourth-order valence-electron chi connectivity index (χ4n) is 1.79. The van der Waals surface area contributed by atoms with Crippen molar-refractivity contribution in [3.05, 3.63) is 49.7 Å². The largest absolute Gasteiger partial charge is 0.338 e. The van der Waals surface area contributed by atoms with Crippen LogP contribution in [0.15, 0.2) is 24.3 Å². The fraction of sp³-hybridized carbons (Fsp3) is 0.143. The predicted molar refractivity (Wildman–Crippen MR) is 85.9 cm³/mol. The maximum absolute atomic E-state index is 9.23. The van der Waals surface area contributed by atoms with Gasteiger partial charge in [-0.2, -0.15) is 5.26 Å². The van der Waals surface area contributed by atoms with Gasteiger partial charge in [0.25, 0.3) is 0 Å². The van der Waals surface area contributed by atoms with E-state index in [0.29, 0.717) is 16.4 Å². The third-order valence-electron chi connectivity index (χ3n) is 2.64. The summed E-state index contributed by atoms with van der Waals surface area (Å²) in [5, 5.41) is 13.1. The summed E-state index contributed by atoms with van der Waals surface area (Å²) in [6.07, 6.45) is 0. The van der Waals surface area contributed by atoms with Crippen molar-refractivity contribution in [2.24, 2.45) is 0 Å². The van der Waals surface area contributed by atoms with Gasteiger partial charge >= 0.3 is 0 Å². The second kappa shape index (κ2) is 5.76. The van der Waals surface area contributed by atoms with Crippen molar-refractivity contribution in [2.75, 3.05) is 5.32 Å². The van der Waals surface area contributed by atoms with Crippen LogP contribution in [0, 0.1) is 28.7 Å². The molecule has 1 N–H and O–H groups in total. The van der Waals surface area contributed by atoms with Crippen LogP contribution in [-0.4, -0.2) is 4.98 Å². The molecule has 0 bridgehead atoms. The highest BCUT2D eigenvalue weighted by Crippen LogP contribution is 2.27. The van der Waals surface area contributed by atoms with Gasteiger partial charge < -0.3 is 5.32 Å². The van der Waals surface area contributed by atoms with E-state index >= 15 is 0 Å². The van der Waals surface area contributed by atoms with Crippen LogP contribution in [0.4, 0.5) is 11.5 Å². The second-order valence-electron chi connectivity index (χ2n) is 4.17. The molecular weight excluding hydrogens is 373 g/mol. The summed E-state index contributed by atoms with van der Waals surface area (Å²) >= 11 is 8.12. The quantitative estimate of drug-likeness (QED) is 0.773. The van der Waals surface area contributed by atoms with E-state index in [4.69, 9.17) is 11.6 Å². The van der Waals surface area contributed by atoms with E-state index < -0.39 is 0 Å². The number of anilines is 2. The van der Waals surface area contributed by atoms with Crippen LogP contribution in [0.2, 0.25) is 5.02 Å². The molecule has 3 nitrogen and oxygen atoms in total. The Kier molecular flexibility index (Phi) is 4.27. The third kappa shape index (κ3) is 3.17. The van der Waals surface area contributed by atoms with E-state index in [9.17, 15) is 5.26 Å². The molecule has 0 aliphatic carbocycles. The van der Waals surface area contributed by atoms with Gasteiger partial charge in [0.1, 0.15) is 11.9 Å². The molecule has 1 heterocycles. The van der Waals surface area contributed by atoms with Crippen molar-refractivity contribution in [2.45, 2.75) is 13.8 Å². The van der Waals surface area contributed by atoms with Crippen LogP contribution >= 0.6 is 34.2 Å². The monoisotopic (exact) mass is 383 g/mol. The Labute approximate surface area is 130 Å². The van der Waals surface area contributed by atoms with Gasteiger partial charge in [-0.05, 0) is 66.3 Å². The Balaban J connectivity index is 2.46. The highest BCUT2D eigenvalue weighted by molar-refractivity contribution is 14.1. The van der Waals surface area contributed by atoms with Crippen molar-refractivity contribution >= 4 is 45.7 Å². The van der Waals surface area contributed by atoms with Gasteiger partial charge in [-0.1, -0.05) is 11.6 Å². The zero-order valence-corrected chi connectivity index (χ0v) is 13.4. The molecule has 1 aromatic carbocycles.